The van der Waals surface area contributed by atoms with E-state index in [-0.39, 0.29) is 35.9 Å². The third-order valence-electron chi connectivity index (χ3n) is 7.04. The van der Waals surface area contributed by atoms with Crippen LogP contribution in [0.25, 0.3) is 0 Å². The molecule has 2 aromatic rings. The summed E-state index contributed by atoms with van der Waals surface area (Å²) in [5, 5.41) is 20.2. The molecule has 196 valence electrons. The van der Waals surface area contributed by atoms with Crippen molar-refractivity contribution >= 4 is 29.2 Å². The number of amidine groups is 1. The van der Waals surface area contributed by atoms with Gasteiger partial charge in [-0.25, -0.2) is 0 Å². The molecule has 2 aliphatic heterocycles. The summed E-state index contributed by atoms with van der Waals surface area (Å²) in [5.41, 5.74) is 4.38. The normalized spacial score (nSPS) is 15.4. The fourth-order valence-corrected chi connectivity index (χ4v) is 5.21. The SMILES string of the molecule is CCOc1cc2c(cc1C(=O)NC)C(=N)N(CC(=O)c1ccc3c(c1)C(C)(C)CN3CCCC(=O)O)C2. The molecule has 1 amide bonds. The highest BCUT2D eigenvalue weighted by Gasteiger charge is 2.36. The van der Waals surface area contributed by atoms with Gasteiger partial charge in [0.25, 0.3) is 5.91 Å². The Labute approximate surface area is 216 Å². The van der Waals surface area contributed by atoms with Crippen molar-refractivity contribution in [2.75, 3.05) is 38.2 Å². The van der Waals surface area contributed by atoms with Crippen molar-refractivity contribution in [3.8, 4) is 5.75 Å². The van der Waals surface area contributed by atoms with Crippen LogP contribution in [0, 0.1) is 5.41 Å². The van der Waals surface area contributed by atoms with Gasteiger partial charge in [0, 0.05) is 55.3 Å². The Hall–Kier alpha value is -3.88. The van der Waals surface area contributed by atoms with Gasteiger partial charge in [0.05, 0.1) is 18.7 Å². The summed E-state index contributed by atoms with van der Waals surface area (Å²) in [6.45, 7) is 8.38. The molecule has 0 saturated carbocycles. The van der Waals surface area contributed by atoms with Crippen LogP contribution in [0.2, 0.25) is 0 Å². The third kappa shape index (κ3) is 5.16. The number of ether oxygens (including phenoxy) is 1. The summed E-state index contributed by atoms with van der Waals surface area (Å²) < 4.78 is 5.66. The van der Waals surface area contributed by atoms with Crippen molar-refractivity contribution < 1.29 is 24.2 Å². The molecule has 9 nitrogen and oxygen atoms in total. The summed E-state index contributed by atoms with van der Waals surface area (Å²) >= 11 is 0. The van der Waals surface area contributed by atoms with E-state index in [1.165, 1.54) is 0 Å². The highest BCUT2D eigenvalue weighted by atomic mass is 16.5. The zero-order valence-electron chi connectivity index (χ0n) is 21.8. The number of hydrogen-bond donors (Lipinski definition) is 3. The number of carboxylic acids is 1. The van der Waals surface area contributed by atoms with Gasteiger partial charge in [0.15, 0.2) is 5.78 Å². The molecule has 2 aromatic carbocycles. The first kappa shape index (κ1) is 26.2. The molecular formula is C28H34N4O5. The number of rotatable bonds is 10. The summed E-state index contributed by atoms with van der Waals surface area (Å²) in [5.74, 6) is -0.491. The first-order valence-corrected chi connectivity index (χ1v) is 12.6. The first-order chi connectivity index (χ1) is 17.6. The molecule has 37 heavy (non-hydrogen) atoms. The van der Waals surface area contributed by atoms with Crippen molar-refractivity contribution in [1.82, 2.24) is 10.2 Å². The topological polar surface area (TPSA) is 123 Å². The Balaban J connectivity index is 1.52. The zero-order chi connectivity index (χ0) is 26.9. The molecule has 2 heterocycles. The van der Waals surface area contributed by atoms with Crippen LogP contribution in [0.4, 0.5) is 5.69 Å². The first-order valence-electron chi connectivity index (χ1n) is 12.6. The average Bonchev–Trinajstić information content (AvgIpc) is 3.29. The molecule has 4 rings (SSSR count). The van der Waals surface area contributed by atoms with E-state index < -0.39 is 5.97 Å². The minimum Gasteiger partial charge on any atom is -0.493 e. The molecule has 0 unspecified atom stereocenters. The molecule has 0 atom stereocenters. The predicted molar refractivity (Wildman–Crippen MR) is 141 cm³/mol. The fraction of sp³-hybridized carbons (Fsp3) is 0.429. The van der Waals surface area contributed by atoms with Crippen LogP contribution in [0.1, 0.15) is 71.0 Å². The Morgan fingerprint density at radius 2 is 1.92 bits per heavy atom. The zero-order valence-corrected chi connectivity index (χ0v) is 21.8. The predicted octanol–water partition coefficient (Wildman–Crippen LogP) is 3.43. The number of hydrogen-bond acceptors (Lipinski definition) is 6. The minimum atomic E-state index is -0.798. The lowest BCUT2D eigenvalue weighted by atomic mass is 9.85. The standard InChI is InChI=1S/C28H34N4O5/c1-5-37-24-12-18-14-32(26(29)19(18)13-20(24)27(36)30-4)15-23(33)17-8-9-22-21(11-17)28(2,3)16-31(22)10-6-7-25(34)35/h8-9,11-13,29H,5-7,10,14-16H2,1-4H3,(H,30,36)(H,34,35). The van der Waals surface area contributed by atoms with Crippen molar-refractivity contribution in [2.24, 2.45) is 0 Å². The van der Waals surface area contributed by atoms with Gasteiger partial charge >= 0.3 is 5.97 Å². The van der Waals surface area contributed by atoms with Crippen LogP contribution >= 0.6 is 0 Å². The van der Waals surface area contributed by atoms with Crippen LogP contribution < -0.4 is 15.0 Å². The highest BCUT2D eigenvalue weighted by Crippen LogP contribution is 2.41. The molecule has 0 aromatic heterocycles. The number of fused-ring (bicyclic) bond motifs is 2. The maximum atomic E-state index is 13.3. The second kappa shape index (κ2) is 10.2. The lowest BCUT2D eigenvalue weighted by Crippen LogP contribution is -2.30. The minimum absolute atomic E-state index is 0.0499. The van der Waals surface area contributed by atoms with E-state index in [2.05, 4.69) is 24.1 Å². The smallest absolute Gasteiger partial charge is 0.303 e. The summed E-state index contributed by atoms with van der Waals surface area (Å²) in [7, 11) is 1.55. The molecule has 0 fully saturated rings. The van der Waals surface area contributed by atoms with Crippen LogP contribution in [-0.4, -0.2) is 66.8 Å². The van der Waals surface area contributed by atoms with E-state index in [4.69, 9.17) is 15.3 Å². The Morgan fingerprint density at radius 3 is 2.59 bits per heavy atom. The van der Waals surface area contributed by atoms with Crippen molar-refractivity contribution in [3.63, 3.8) is 0 Å². The van der Waals surface area contributed by atoms with Crippen molar-refractivity contribution in [2.45, 2.75) is 45.6 Å². The number of Topliss-reactive ketones (excluding diaryl/α,β-unsaturated/α-hetero) is 1. The quantitative estimate of drug-likeness (QED) is 0.422. The molecular weight excluding hydrogens is 472 g/mol. The fourth-order valence-electron chi connectivity index (χ4n) is 5.21. The lowest BCUT2D eigenvalue weighted by Gasteiger charge is -2.22. The maximum Gasteiger partial charge on any atom is 0.303 e. The van der Waals surface area contributed by atoms with Crippen LogP contribution in [0.3, 0.4) is 0 Å². The van der Waals surface area contributed by atoms with Gasteiger partial charge in [-0.2, -0.15) is 0 Å². The number of nitrogens with zero attached hydrogens (tertiary/aromatic N) is 2. The van der Waals surface area contributed by atoms with Gasteiger partial charge < -0.3 is 25.0 Å². The van der Waals surface area contributed by atoms with E-state index in [0.717, 1.165) is 23.4 Å². The molecule has 0 spiro atoms. The second-order valence-corrected chi connectivity index (χ2v) is 10.2. The molecule has 0 bridgehead atoms. The summed E-state index contributed by atoms with van der Waals surface area (Å²) in [4.78, 5) is 40.5. The van der Waals surface area contributed by atoms with Gasteiger partial charge in [-0.1, -0.05) is 13.8 Å². The van der Waals surface area contributed by atoms with Gasteiger partial charge in [-0.05, 0) is 54.8 Å². The molecule has 3 N–H and O–H groups in total. The van der Waals surface area contributed by atoms with Gasteiger partial charge in [0.1, 0.15) is 11.6 Å². The van der Waals surface area contributed by atoms with Crippen LogP contribution in [-0.2, 0) is 16.8 Å². The van der Waals surface area contributed by atoms with E-state index >= 15 is 0 Å². The second-order valence-electron chi connectivity index (χ2n) is 10.2. The molecule has 0 aliphatic carbocycles. The Morgan fingerprint density at radius 1 is 1.16 bits per heavy atom. The molecule has 0 saturated heterocycles. The number of nitrogens with one attached hydrogen (secondary N) is 2. The maximum absolute atomic E-state index is 13.3. The van der Waals surface area contributed by atoms with Crippen molar-refractivity contribution in [3.05, 3.63) is 58.1 Å². The van der Waals surface area contributed by atoms with Crippen LogP contribution in [0.15, 0.2) is 30.3 Å². The summed E-state index contributed by atoms with van der Waals surface area (Å²) in [6, 6.07) is 9.17. The van der Waals surface area contributed by atoms with Gasteiger partial charge in [-0.3, -0.25) is 19.8 Å². The number of benzene rings is 2. The monoisotopic (exact) mass is 506 g/mol. The number of carboxylic acid groups (broad SMARTS) is 1. The van der Waals surface area contributed by atoms with Crippen LogP contribution in [0.5, 0.6) is 5.75 Å². The largest absolute Gasteiger partial charge is 0.493 e. The molecule has 0 radical (unpaired) electrons. The number of ketones is 1. The van der Waals surface area contributed by atoms with Gasteiger partial charge in [0.2, 0.25) is 0 Å². The van der Waals surface area contributed by atoms with E-state index in [1.807, 2.05) is 25.1 Å². The Kier molecular flexibility index (Phi) is 7.25. The number of carbonyl (C=O) groups excluding carboxylic acids is 2. The molecule has 2 aliphatic rings. The third-order valence-corrected chi connectivity index (χ3v) is 7.04. The van der Waals surface area contributed by atoms with E-state index in [1.54, 1.807) is 24.1 Å². The Bertz CT molecular complexity index is 1270. The summed E-state index contributed by atoms with van der Waals surface area (Å²) in [6.07, 6.45) is 0.694. The van der Waals surface area contributed by atoms with E-state index in [0.29, 0.717) is 48.6 Å². The highest BCUT2D eigenvalue weighted by molar-refractivity contribution is 6.07. The number of carbonyl (C=O) groups is 3. The molecule has 9 heteroatoms. The average molecular weight is 507 g/mol. The number of anilines is 1. The number of amides is 1. The van der Waals surface area contributed by atoms with Gasteiger partial charge in [-0.15, -0.1) is 0 Å². The van der Waals surface area contributed by atoms with E-state index in [9.17, 15) is 14.4 Å². The number of aliphatic carboxylic acids is 1. The van der Waals surface area contributed by atoms with Crippen molar-refractivity contribution in [1.29, 1.82) is 5.41 Å². The lowest BCUT2D eigenvalue weighted by molar-refractivity contribution is -0.137.